The molecule has 0 radical (unpaired) electrons. The molecule has 1 atom stereocenters. The number of carbonyl (C=O) groups is 1. The minimum absolute atomic E-state index is 0.133. The van der Waals surface area contributed by atoms with Crippen molar-refractivity contribution in [1.29, 1.82) is 0 Å². The first-order chi connectivity index (χ1) is 9.04. The van der Waals surface area contributed by atoms with E-state index in [1.807, 2.05) is 6.92 Å². The highest BCUT2D eigenvalue weighted by Gasteiger charge is 2.16. The fourth-order valence-electron chi connectivity index (χ4n) is 2.70. The standard InChI is InChI=1S/C16H30N2O/c1-5-6-11-18(4)12-13(2)17-16(19)14(3)15-9-7-8-10-15/h13H,5-12H2,1-4H3,(H,17,19)/t13-/m1/s1. The second-order valence-corrected chi connectivity index (χ2v) is 5.93. The van der Waals surface area contributed by atoms with Crippen LogP contribution < -0.4 is 5.32 Å². The van der Waals surface area contributed by atoms with Gasteiger partial charge in [0, 0.05) is 18.2 Å². The molecule has 0 aromatic heterocycles. The van der Waals surface area contributed by atoms with Crippen LogP contribution in [0.15, 0.2) is 11.1 Å². The Hall–Kier alpha value is -0.830. The lowest BCUT2D eigenvalue weighted by molar-refractivity contribution is -0.118. The number of hydrogen-bond donors (Lipinski definition) is 1. The van der Waals surface area contributed by atoms with Crippen LogP contribution in [0.1, 0.15) is 59.3 Å². The van der Waals surface area contributed by atoms with Gasteiger partial charge in [-0.25, -0.2) is 0 Å². The van der Waals surface area contributed by atoms with Crippen LogP contribution in [0.25, 0.3) is 0 Å². The van der Waals surface area contributed by atoms with Crippen molar-refractivity contribution in [2.75, 3.05) is 20.1 Å². The number of rotatable bonds is 7. The van der Waals surface area contributed by atoms with Gasteiger partial charge in [-0.3, -0.25) is 4.79 Å². The summed E-state index contributed by atoms with van der Waals surface area (Å²) in [5.41, 5.74) is 2.32. The first-order valence-electron chi connectivity index (χ1n) is 7.72. The molecule has 0 aromatic carbocycles. The highest BCUT2D eigenvalue weighted by atomic mass is 16.1. The first kappa shape index (κ1) is 16.2. The Kier molecular flexibility index (Phi) is 7.14. The Bertz CT molecular complexity index is 315. The Morgan fingerprint density at radius 2 is 2.00 bits per heavy atom. The van der Waals surface area contributed by atoms with E-state index in [1.165, 1.54) is 31.3 Å². The number of carbonyl (C=O) groups excluding carboxylic acids is 1. The SMILES string of the molecule is CCCCN(C)C[C@@H](C)NC(=O)C(C)=C1CCCC1. The number of unbranched alkanes of at least 4 members (excludes halogenated alkanes) is 1. The third kappa shape index (κ3) is 5.77. The van der Waals surface area contributed by atoms with E-state index in [0.717, 1.165) is 31.5 Å². The van der Waals surface area contributed by atoms with Gasteiger partial charge in [0.15, 0.2) is 0 Å². The average Bonchev–Trinajstić information content (AvgIpc) is 2.88. The fourth-order valence-corrected chi connectivity index (χ4v) is 2.70. The second-order valence-electron chi connectivity index (χ2n) is 5.93. The van der Waals surface area contributed by atoms with E-state index in [4.69, 9.17) is 0 Å². The number of amides is 1. The second kappa shape index (κ2) is 8.36. The summed E-state index contributed by atoms with van der Waals surface area (Å²) < 4.78 is 0. The van der Waals surface area contributed by atoms with Crippen molar-refractivity contribution < 1.29 is 4.79 Å². The maximum absolute atomic E-state index is 12.1. The van der Waals surface area contributed by atoms with Gasteiger partial charge < -0.3 is 10.2 Å². The lowest BCUT2D eigenvalue weighted by Crippen LogP contribution is -2.41. The van der Waals surface area contributed by atoms with Gasteiger partial charge >= 0.3 is 0 Å². The summed E-state index contributed by atoms with van der Waals surface area (Å²) in [5, 5.41) is 3.13. The maximum atomic E-state index is 12.1. The summed E-state index contributed by atoms with van der Waals surface area (Å²) in [7, 11) is 2.13. The molecule has 0 heterocycles. The average molecular weight is 266 g/mol. The Morgan fingerprint density at radius 3 is 2.58 bits per heavy atom. The molecule has 0 unspecified atom stereocenters. The predicted molar refractivity (Wildman–Crippen MR) is 81.2 cm³/mol. The van der Waals surface area contributed by atoms with Gasteiger partial charge in [0.05, 0.1) is 0 Å². The smallest absolute Gasteiger partial charge is 0.247 e. The van der Waals surface area contributed by atoms with Crippen molar-refractivity contribution in [3.8, 4) is 0 Å². The van der Waals surface area contributed by atoms with Gasteiger partial charge in [-0.15, -0.1) is 0 Å². The lowest BCUT2D eigenvalue weighted by atomic mass is 10.1. The Balaban J connectivity index is 2.37. The summed E-state index contributed by atoms with van der Waals surface area (Å²) in [5.74, 6) is 0.133. The van der Waals surface area contributed by atoms with Crippen LogP contribution in [0.4, 0.5) is 0 Å². The van der Waals surface area contributed by atoms with E-state index >= 15 is 0 Å². The molecule has 1 rings (SSSR count). The molecule has 19 heavy (non-hydrogen) atoms. The van der Waals surface area contributed by atoms with Crippen LogP contribution in [0.3, 0.4) is 0 Å². The van der Waals surface area contributed by atoms with Crippen molar-refractivity contribution in [2.45, 2.75) is 65.3 Å². The summed E-state index contributed by atoms with van der Waals surface area (Å²) in [4.78, 5) is 14.4. The van der Waals surface area contributed by atoms with E-state index < -0.39 is 0 Å². The molecule has 110 valence electrons. The van der Waals surface area contributed by atoms with E-state index in [9.17, 15) is 4.79 Å². The maximum Gasteiger partial charge on any atom is 0.247 e. The van der Waals surface area contributed by atoms with Gasteiger partial charge in [-0.2, -0.15) is 0 Å². The molecular weight excluding hydrogens is 236 g/mol. The molecule has 0 saturated heterocycles. The molecule has 0 bridgehead atoms. The number of nitrogens with zero attached hydrogens (tertiary/aromatic N) is 1. The lowest BCUT2D eigenvalue weighted by Gasteiger charge is -2.22. The normalized spacial score (nSPS) is 16.8. The molecule has 1 aliphatic rings. The summed E-state index contributed by atoms with van der Waals surface area (Å²) in [6, 6.07) is 0.214. The van der Waals surface area contributed by atoms with Gasteiger partial charge in [0.1, 0.15) is 0 Å². The minimum atomic E-state index is 0.133. The van der Waals surface area contributed by atoms with Crippen molar-refractivity contribution >= 4 is 5.91 Å². The zero-order valence-corrected chi connectivity index (χ0v) is 13.1. The molecule has 0 aliphatic heterocycles. The van der Waals surface area contributed by atoms with Crippen LogP contribution in [-0.2, 0) is 4.79 Å². The number of likely N-dealkylation sites (N-methyl/N-ethyl adjacent to an activating group) is 1. The monoisotopic (exact) mass is 266 g/mol. The zero-order chi connectivity index (χ0) is 14.3. The number of hydrogen-bond acceptors (Lipinski definition) is 2. The molecule has 1 N–H and O–H groups in total. The molecular formula is C16H30N2O. The highest BCUT2D eigenvalue weighted by Crippen LogP contribution is 2.26. The molecule has 1 amide bonds. The van der Waals surface area contributed by atoms with Crippen molar-refractivity contribution in [3.05, 3.63) is 11.1 Å². The molecule has 0 spiro atoms. The predicted octanol–water partition coefficient (Wildman–Crippen LogP) is 3.11. The third-order valence-electron chi connectivity index (χ3n) is 3.93. The van der Waals surface area contributed by atoms with Crippen LogP contribution in [0, 0.1) is 0 Å². The van der Waals surface area contributed by atoms with Gasteiger partial charge in [0.25, 0.3) is 0 Å². The largest absolute Gasteiger partial charge is 0.349 e. The van der Waals surface area contributed by atoms with Crippen LogP contribution in [0.5, 0.6) is 0 Å². The molecule has 1 aliphatic carbocycles. The first-order valence-corrected chi connectivity index (χ1v) is 7.72. The molecule has 1 saturated carbocycles. The summed E-state index contributed by atoms with van der Waals surface area (Å²) in [6.07, 6.45) is 7.16. The van der Waals surface area contributed by atoms with Gasteiger partial charge in [0.2, 0.25) is 5.91 Å². The van der Waals surface area contributed by atoms with E-state index in [0.29, 0.717) is 0 Å². The summed E-state index contributed by atoms with van der Waals surface area (Å²) in [6.45, 7) is 8.30. The number of nitrogens with one attached hydrogen (secondary N) is 1. The van der Waals surface area contributed by atoms with Crippen molar-refractivity contribution in [1.82, 2.24) is 10.2 Å². The van der Waals surface area contributed by atoms with E-state index in [1.54, 1.807) is 0 Å². The van der Waals surface area contributed by atoms with Crippen molar-refractivity contribution in [3.63, 3.8) is 0 Å². The van der Waals surface area contributed by atoms with Crippen LogP contribution in [-0.4, -0.2) is 37.0 Å². The van der Waals surface area contributed by atoms with Gasteiger partial charge in [-0.1, -0.05) is 18.9 Å². The van der Waals surface area contributed by atoms with Crippen molar-refractivity contribution in [2.24, 2.45) is 0 Å². The molecule has 3 nitrogen and oxygen atoms in total. The summed E-state index contributed by atoms with van der Waals surface area (Å²) >= 11 is 0. The topological polar surface area (TPSA) is 32.3 Å². The Labute approximate surface area is 118 Å². The molecule has 0 aromatic rings. The number of allylic oxidation sites excluding steroid dienone is 1. The van der Waals surface area contributed by atoms with Crippen LogP contribution in [0.2, 0.25) is 0 Å². The Morgan fingerprint density at radius 1 is 1.37 bits per heavy atom. The highest BCUT2D eigenvalue weighted by molar-refractivity contribution is 5.93. The third-order valence-corrected chi connectivity index (χ3v) is 3.93. The van der Waals surface area contributed by atoms with E-state index in [2.05, 4.69) is 31.1 Å². The minimum Gasteiger partial charge on any atom is -0.349 e. The molecule has 1 fully saturated rings. The quantitative estimate of drug-likeness (QED) is 0.718. The zero-order valence-electron chi connectivity index (χ0n) is 13.1. The van der Waals surface area contributed by atoms with Crippen LogP contribution >= 0.6 is 0 Å². The fraction of sp³-hybridized carbons (Fsp3) is 0.812. The molecule has 3 heteroatoms. The van der Waals surface area contributed by atoms with E-state index in [-0.39, 0.29) is 11.9 Å². The van der Waals surface area contributed by atoms with Gasteiger partial charge in [-0.05, 0) is 59.5 Å².